The minimum Gasteiger partial charge on any atom is -0.214 e. The molecule has 0 heterocycles. The van der Waals surface area contributed by atoms with E-state index in [4.69, 9.17) is 15.0 Å². The summed E-state index contributed by atoms with van der Waals surface area (Å²) in [5.41, 5.74) is 5.33. The van der Waals surface area contributed by atoms with Gasteiger partial charge in [0.2, 0.25) is 0 Å². The van der Waals surface area contributed by atoms with E-state index in [0.717, 1.165) is 0 Å². The molecule has 0 aromatic heterocycles. The first-order valence-corrected chi connectivity index (χ1v) is 2.69. The average molecular weight is 220 g/mol. The molecule has 0 saturated heterocycles. The molecule has 0 N–H and O–H groups in total. The van der Waals surface area contributed by atoms with Crippen molar-refractivity contribution in [1.82, 2.24) is 0 Å². The SMILES string of the molecule is [C-]#[O+].[C-]#[O+].[C-]#[S+].[Mn].c1cc[cH-]c1. The van der Waals surface area contributed by atoms with E-state index in [0.29, 0.717) is 0 Å². The van der Waals surface area contributed by atoms with Crippen LogP contribution in [0.25, 0.3) is 0 Å². The van der Waals surface area contributed by atoms with Crippen molar-refractivity contribution < 1.29 is 26.4 Å². The van der Waals surface area contributed by atoms with Gasteiger partial charge in [-0.25, -0.2) is 12.1 Å². The van der Waals surface area contributed by atoms with E-state index in [1.165, 1.54) is 0 Å². The quantitative estimate of drug-likeness (QED) is 0.360. The Bertz CT molecular complexity index is 145. The van der Waals surface area contributed by atoms with E-state index in [9.17, 15) is 0 Å². The summed E-state index contributed by atoms with van der Waals surface area (Å²) in [6.07, 6.45) is 0. The zero-order chi connectivity index (χ0) is 9.54. The number of rotatable bonds is 0. The van der Waals surface area contributed by atoms with Gasteiger partial charge in [-0.15, -0.1) is 0 Å². The molecule has 0 unspecified atom stereocenters. The zero-order valence-electron chi connectivity index (χ0n) is 5.99. The van der Waals surface area contributed by atoms with Crippen LogP contribution in [0.2, 0.25) is 0 Å². The van der Waals surface area contributed by atoms with Gasteiger partial charge in [-0.3, -0.25) is 0 Å². The molecular formula is C8H5MnO2S-. The second kappa shape index (κ2) is 46.9. The smallest absolute Gasteiger partial charge is 0 e. The molecule has 0 aliphatic rings. The summed E-state index contributed by atoms with van der Waals surface area (Å²) in [7, 11) is 0. The first-order chi connectivity index (χ1) is 5.50. The van der Waals surface area contributed by atoms with Crippen molar-refractivity contribution in [3.05, 3.63) is 49.3 Å². The van der Waals surface area contributed by atoms with Gasteiger partial charge in [-0.05, 0) is 0 Å². The van der Waals surface area contributed by atoms with Gasteiger partial charge < -0.3 is 0 Å². The molecule has 2 nitrogen and oxygen atoms in total. The van der Waals surface area contributed by atoms with Crippen LogP contribution in [-0.4, -0.2) is 0 Å². The molecule has 0 atom stereocenters. The van der Waals surface area contributed by atoms with Crippen LogP contribution in [-0.2, 0) is 38.4 Å². The van der Waals surface area contributed by atoms with Crippen molar-refractivity contribution in [2.45, 2.75) is 0 Å². The summed E-state index contributed by atoms with van der Waals surface area (Å²) in [6.45, 7) is 9.00. The van der Waals surface area contributed by atoms with Gasteiger partial charge in [0.05, 0.1) is 0 Å². The number of hydrogen-bond acceptors (Lipinski definition) is 0. The first-order valence-electron chi connectivity index (χ1n) is 2.28. The molecular weight excluding hydrogens is 215 g/mol. The molecule has 1 aromatic carbocycles. The Morgan fingerprint density at radius 2 is 1.17 bits per heavy atom. The normalized spacial score (nSPS) is 3.83. The van der Waals surface area contributed by atoms with Gasteiger partial charge in [0.1, 0.15) is 0 Å². The molecule has 0 aliphatic carbocycles. The molecule has 1 rings (SSSR count). The Balaban J connectivity index is -0.0000000406. The molecule has 1 aromatic rings. The van der Waals surface area contributed by atoms with Crippen LogP contribution in [0, 0.1) is 19.0 Å². The third-order valence-electron chi connectivity index (χ3n) is 0.556. The minimum absolute atomic E-state index is 0. The Hall–Kier alpha value is -0.521. The van der Waals surface area contributed by atoms with Crippen molar-refractivity contribution in [3.8, 4) is 0 Å². The Labute approximate surface area is 87.9 Å². The largest absolute Gasteiger partial charge is 0.214 e. The van der Waals surface area contributed by atoms with Gasteiger partial charge in [-0.2, -0.15) is 18.2 Å². The first kappa shape index (κ1) is 22.5. The van der Waals surface area contributed by atoms with Crippen LogP contribution in [0.15, 0.2) is 30.3 Å². The molecule has 0 spiro atoms. The van der Waals surface area contributed by atoms with Crippen LogP contribution in [0.4, 0.5) is 0 Å². The van der Waals surface area contributed by atoms with Gasteiger partial charge >= 0.3 is 40.3 Å². The number of hydrogen-bond donors (Lipinski definition) is 0. The van der Waals surface area contributed by atoms with E-state index < -0.39 is 0 Å². The van der Waals surface area contributed by atoms with Crippen LogP contribution in [0.1, 0.15) is 0 Å². The van der Waals surface area contributed by atoms with Gasteiger partial charge in [0, 0.05) is 17.1 Å². The maximum absolute atomic E-state index is 7.50. The molecule has 0 fully saturated rings. The Morgan fingerprint density at radius 3 is 1.25 bits per heavy atom. The maximum Gasteiger partial charge on any atom is 0 e. The molecule has 0 aliphatic heterocycles. The summed E-state index contributed by atoms with van der Waals surface area (Å²) in [4.78, 5) is 0. The van der Waals surface area contributed by atoms with Crippen molar-refractivity contribution in [1.29, 1.82) is 0 Å². The molecule has 0 saturated carbocycles. The Kier molecular flexibility index (Phi) is 88.1. The minimum atomic E-state index is 0. The molecule has 0 bridgehead atoms. The monoisotopic (exact) mass is 220 g/mol. The van der Waals surface area contributed by atoms with E-state index in [2.05, 4.69) is 25.3 Å². The second-order valence-corrected chi connectivity index (χ2v) is 0.962. The molecule has 12 heavy (non-hydrogen) atoms. The predicted octanol–water partition coefficient (Wildman–Crippen LogP) is 1.41. The van der Waals surface area contributed by atoms with Crippen LogP contribution in [0.5, 0.6) is 0 Å². The topological polar surface area (TPSA) is 39.8 Å². The third kappa shape index (κ3) is 34.0. The average Bonchev–Trinajstić information content (AvgIpc) is 2.71. The van der Waals surface area contributed by atoms with Gasteiger partial charge in [0.25, 0.3) is 0 Å². The summed E-state index contributed by atoms with van der Waals surface area (Å²) in [5, 5.41) is 0. The fourth-order valence-corrected chi connectivity index (χ4v) is 0.321. The van der Waals surface area contributed by atoms with Crippen molar-refractivity contribution in [2.75, 3.05) is 0 Å². The van der Waals surface area contributed by atoms with Crippen molar-refractivity contribution in [3.63, 3.8) is 0 Å². The molecule has 1 radical (unpaired) electrons. The van der Waals surface area contributed by atoms with Gasteiger partial charge in [-0.1, -0.05) is 0 Å². The molecule has 63 valence electrons. The van der Waals surface area contributed by atoms with Crippen LogP contribution in [0.3, 0.4) is 0 Å². The summed E-state index contributed by atoms with van der Waals surface area (Å²) < 4.78 is 15.0. The summed E-state index contributed by atoms with van der Waals surface area (Å²) in [6, 6.07) is 10.0. The van der Waals surface area contributed by atoms with Crippen LogP contribution >= 0.6 is 0 Å². The van der Waals surface area contributed by atoms with Crippen molar-refractivity contribution >= 4 is 12.0 Å². The van der Waals surface area contributed by atoms with Crippen molar-refractivity contribution in [2.24, 2.45) is 0 Å². The molecule has 0 amide bonds. The van der Waals surface area contributed by atoms with Crippen LogP contribution < -0.4 is 0 Å². The van der Waals surface area contributed by atoms with E-state index in [1.807, 2.05) is 30.3 Å². The van der Waals surface area contributed by atoms with E-state index in [1.54, 1.807) is 0 Å². The standard InChI is InChI=1S/C5H5.2CO.CS.Mn/c1-2-4-5-3-1;3*1-2;/h1-5H;;;;/q-1;;;;. The fourth-order valence-electron chi connectivity index (χ4n) is 0.321. The zero-order valence-corrected chi connectivity index (χ0v) is 7.99. The van der Waals surface area contributed by atoms with Gasteiger partial charge in [0.15, 0.2) is 0 Å². The van der Waals surface area contributed by atoms with E-state index in [-0.39, 0.29) is 17.1 Å². The third-order valence-corrected chi connectivity index (χ3v) is 0.556. The fraction of sp³-hybridized carbons (Fsp3) is 0. The second-order valence-electron chi connectivity index (χ2n) is 0.962. The summed E-state index contributed by atoms with van der Waals surface area (Å²) >= 11 is 3.33. The predicted molar refractivity (Wildman–Crippen MR) is 40.5 cm³/mol. The van der Waals surface area contributed by atoms with E-state index >= 15 is 0 Å². The Morgan fingerprint density at radius 1 is 0.917 bits per heavy atom. The maximum atomic E-state index is 7.50. The molecule has 4 heteroatoms. The summed E-state index contributed by atoms with van der Waals surface area (Å²) in [5.74, 6) is 0.